The zero-order valence-corrected chi connectivity index (χ0v) is 23.2. The first-order valence-electron chi connectivity index (χ1n) is 13.8. The van der Waals surface area contributed by atoms with Gasteiger partial charge in [0.15, 0.2) is 5.78 Å². The van der Waals surface area contributed by atoms with E-state index < -0.39 is 57.7 Å². The number of Topliss-reactive ketones (excluding diaryl/α,β-unsaturated/α-hetero) is 1. The number of carbonyl (C=O) groups is 5. The first-order chi connectivity index (χ1) is 21.5. The molecule has 0 aromatic heterocycles. The van der Waals surface area contributed by atoms with Gasteiger partial charge in [0.1, 0.15) is 12.3 Å². The number of carbonyl (C=O) groups excluding carboxylic acids is 5. The number of nitrogens with zero attached hydrogens (tertiary/aromatic N) is 4. The molecule has 0 N–H and O–H groups in total. The summed E-state index contributed by atoms with van der Waals surface area (Å²) in [5.41, 5.74) is -0.392. The van der Waals surface area contributed by atoms with E-state index in [9.17, 15) is 44.2 Å². The summed E-state index contributed by atoms with van der Waals surface area (Å²) in [6, 6.07) is 14.7. The number of allylic oxidation sites excluding steroid dienone is 2. The van der Waals surface area contributed by atoms with Gasteiger partial charge in [0.25, 0.3) is 29.1 Å². The standard InChI is InChI=1S/C31H22N4O10/c36-25(17-7-13-24(14-8-17)45-31(40)19-5-11-23(12-6-19)35(43)44)16-32(28(37)18-3-9-22(10-4-18)34(41)42)33-29(38)26-20-1-2-21(15-20)27(26)30(33)39/h1-14,20-21,26-27H,15-16H2/t20-,21-,26+,27+/m0/s1. The van der Waals surface area contributed by atoms with Gasteiger partial charge in [-0.3, -0.25) is 39.4 Å². The van der Waals surface area contributed by atoms with Crippen molar-refractivity contribution >= 4 is 40.8 Å². The zero-order valence-electron chi connectivity index (χ0n) is 23.2. The summed E-state index contributed by atoms with van der Waals surface area (Å²) in [6.07, 6.45) is 4.45. The number of fused-ring (bicyclic) bond motifs is 5. The van der Waals surface area contributed by atoms with Gasteiger partial charge in [-0.05, 0) is 66.8 Å². The Morgan fingerprint density at radius 3 is 1.69 bits per heavy atom. The van der Waals surface area contributed by atoms with Crippen LogP contribution in [0.3, 0.4) is 0 Å². The van der Waals surface area contributed by atoms with Crippen molar-refractivity contribution in [2.75, 3.05) is 6.54 Å². The number of nitro groups is 2. The maximum Gasteiger partial charge on any atom is 0.343 e. The van der Waals surface area contributed by atoms with Crippen molar-refractivity contribution in [1.29, 1.82) is 0 Å². The topological polar surface area (TPSA) is 187 Å². The fraction of sp³-hybridized carbons (Fsp3) is 0.194. The summed E-state index contributed by atoms with van der Waals surface area (Å²) >= 11 is 0. The van der Waals surface area contributed by atoms with Gasteiger partial charge in [-0.2, -0.15) is 5.01 Å². The lowest BCUT2D eigenvalue weighted by Crippen LogP contribution is -2.52. The lowest BCUT2D eigenvalue weighted by atomic mass is 9.85. The molecule has 3 amide bonds. The van der Waals surface area contributed by atoms with Gasteiger partial charge in [0, 0.05) is 35.4 Å². The number of amides is 3. The van der Waals surface area contributed by atoms with E-state index in [-0.39, 0.29) is 45.7 Å². The monoisotopic (exact) mass is 610 g/mol. The number of hydrazine groups is 1. The summed E-state index contributed by atoms with van der Waals surface area (Å²) in [6.45, 7) is -0.697. The number of non-ortho nitro benzene ring substituents is 2. The minimum Gasteiger partial charge on any atom is -0.423 e. The molecule has 45 heavy (non-hydrogen) atoms. The second-order valence-electron chi connectivity index (χ2n) is 10.8. The molecular formula is C31H22N4O10. The molecule has 3 aromatic rings. The Hall–Kier alpha value is -6.05. The highest BCUT2D eigenvalue weighted by Crippen LogP contribution is 2.52. The van der Waals surface area contributed by atoms with Crippen LogP contribution in [0.5, 0.6) is 5.75 Å². The molecule has 2 bridgehead atoms. The maximum atomic E-state index is 13.7. The number of nitro benzene ring substituents is 2. The van der Waals surface area contributed by atoms with Crippen LogP contribution < -0.4 is 4.74 Å². The fourth-order valence-electron chi connectivity index (χ4n) is 6.05. The Morgan fingerprint density at radius 1 is 0.733 bits per heavy atom. The first-order valence-corrected chi connectivity index (χ1v) is 13.8. The molecule has 226 valence electrons. The summed E-state index contributed by atoms with van der Waals surface area (Å²) < 4.78 is 5.28. The van der Waals surface area contributed by atoms with E-state index in [0.717, 1.165) is 34.3 Å². The van der Waals surface area contributed by atoms with Crippen molar-refractivity contribution in [3.05, 3.63) is 122 Å². The molecule has 2 aliphatic carbocycles. The number of imide groups is 1. The summed E-state index contributed by atoms with van der Waals surface area (Å²) in [7, 11) is 0. The Kier molecular flexibility index (Phi) is 7.24. The van der Waals surface area contributed by atoms with Crippen molar-refractivity contribution in [3.8, 4) is 5.75 Å². The van der Waals surface area contributed by atoms with Crippen LogP contribution in [-0.2, 0) is 9.59 Å². The highest BCUT2D eigenvalue weighted by Gasteiger charge is 2.61. The average molecular weight is 611 g/mol. The van der Waals surface area contributed by atoms with Gasteiger partial charge in [0.05, 0.1) is 27.2 Å². The van der Waals surface area contributed by atoms with Gasteiger partial charge >= 0.3 is 5.97 Å². The van der Waals surface area contributed by atoms with Crippen LogP contribution in [0.2, 0.25) is 0 Å². The van der Waals surface area contributed by atoms with Gasteiger partial charge in [-0.25, -0.2) is 9.80 Å². The highest BCUT2D eigenvalue weighted by atomic mass is 16.6. The third-order valence-electron chi connectivity index (χ3n) is 8.24. The number of ether oxygens (including phenoxy) is 1. The van der Waals surface area contributed by atoms with Crippen molar-refractivity contribution in [2.24, 2.45) is 23.7 Å². The second kappa shape index (κ2) is 11.2. The average Bonchev–Trinajstić information content (AvgIpc) is 3.73. The smallest absolute Gasteiger partial charge is 0.343 e. The van der Waals surface area contributed by atoms with E-state index in [1.807, 2.05) is 12.2 Å². The molecule has 1 saturated heterocycles. The van der Waals surface area contributed by atoms with Crippen LogP contribution in [0.15, 0.2) is 84.9 Å². The summed E-state index contributed by atoms with van der Waals surface area (Å²) in [5, 5.41) is 23.5. The number of hydrogen-bond acceptors (Lipinski definition) is 10. The molecule has 0 radical (unpaired) electrons. The van der Waals surface area contributed by atoms with E-state index in [1.165, 1.54) is 48.5 Å². The number of rotatable bonds is 9. The molecule has 1 aliphatic heterocycles. The number of benzene rings is 3. The second-order valence-corrected chi connectivity index (χ2v) is 10.8. The quantitative estimate of drug-likeness (QED) is 0.0656. The predicted octanol–water partition coefficient (Wildman–Crippen LogP) is 3.77. The summed E-state index contributed by atoms with van der Waals surface area (Å²) in [5.74, 6) is -4.97. The Bertz CT molecular complexity index is 1770. The molecule has 4 atom stereocenters. The van der Waals surface area contributed by atoms with E-state index in [1.54, 1.807) is 0 Å². The molecule has 6 rings (SSSR count). The molecule has 2 fully saturated rings. The van der Waals surface area contributed by atoms with Gasteiger partial charge in [-0.1, -0.05) is 12.2 Å². The van der Waals surface area contributed by atoms with Crippen LogP contribution in [0, 0.1) is 43.9 Å². The fourth-order valence-corrected chi connectivity index (χ4v) is 6.05. The van der Waals surface area contributed by atoms with Crippen molar-refractivity contribution in [3.63, 3.8) is 0 Å². The summed E-state index contributed by atoms with van der Waals surface area (Å²) in [4.78, 5) is 87.3. The van der Waals surface area contributed by atoms with Gasteiger partial charge < -0.3 is 4.74 Å². The van der Waals surface area contributed by atoms with Crippen LogP contribution >= 0.6 is 0 Å². The van der Waals surface area contributed by atoms with Crippen molar-refractivity contribution in [2.45, 2.75) is 6.42 Å². The normalized spacial score (nSPS) is 21.0. The minimum atomic E-state index is -0.867. The molecular weight excluding hydrogens is 588 g/mol. The minimum absolute atomic E-state index is 0.0643. The van der Waals surface area contributed by atoms with E-state index in [2.05, 4.69) is 0 Å². The zero-order chi connectivity index (χ0) is 32.0. The highest BCUT2D eigenvalue weighted by molar-refractivity contribution is 6.10. The lowest BCUT2D eigenvalue weighted by molar-refractivity contribution is -0.385. The molecule has 1 heterocycles. The Labute approximate surface area is 253 Å². The largest absolute Gasteiger partial charge is 0.423 e. The predicted molar refractivity (Wildman–Crippen MR) is 153 cm³/mol. The molecule has 1 saturated carbocycles. The van der Waals surface area contributed by atoms with Gasteiger partial charge in [0.2, 0.25) is 0 Å². The van der Waals surface area contributed by atoms with Crippen LogP contribution in [-0.4, -0.2) is 55.9 Å². The number of ketones is 1. The number of hydrogen-bond donors (Lipinski definition) is 0. The SMILES string of the molecule is O=C(CN(C(=O)c1ccc([N+](=O)[O-])cc1)N1C(=O)[C@H]2[C@H](C1=O)[C@H]1C=C[C@H]2C1)c1ccc(OC(=O)c2ccc([N+](=O)[O-])cc2)cc1. The molecule has 3 aliphatic rings. The molecule has 0 unspecified atom stereocenters. The van der Waals surface area contributed by atoms with Gasteiger partial charge in [-0.15, -0.1) is 0 Å². The Morgan fingerprint density at radius 2 is 1.20 bits per heavy atom. The van der Waals surface area contributed by atoms with E-state index >= 15 is 0 Å². The Balaban J connectivity index is 1.22. The van der Waals surface area contributed by atoms with Crippen LogP contribution in [0.1, 0.15) is 37.5 Å². The molecule has 3 aromatic carbocycles. The van der Waals surface area contributed by atoms with Crippen molar-refractivity contribution < 1.29 is 38.6 Å². The first kappa shape index (κ1) is 29.0. The third kappa shape index (κ3) is 5.22. The maximum absolute atomic E-state index is 13.7. The van der Waals surface area contributed by atoms with Crippen LogP contribution in [0.25, 0.3) is 0 Å². The molecule has 14 nitrogen and oxygen atoms in total. The van der Waals surface area contributed by atoms with E-state index in [0.29, 0.717) is 6.42 Å². The molecule has 0 spiro atoms. The number of esters is 1. The van der Waals surface area contributed by atoms with Crippen LogP contribution in [0.4, 0.5) is 11.4 Å². The van der Waals surface area contributed by atoms with Crippen molar-refractivity contribution in [1.82, 2.24) is 10.0 Å². The van der Waals surface area contributed by atoms with E-state index in [4.69, 9.17) is 4.74 Å². The third-order valence-corrected chi connectivity index (χ3v) is 8.24. The molecule has 14 heteroatoms. The lowest BCUT2D eigenvalue weighted by Gasteiger charge is -2.30.